The molecule has 0 aliphatic carbocycles. The van der Waals surface area contributed by atoms with Gasteiger partial charge >= 0.3 is 0 Å². The maximum absolute atomic E-state index is 15.6. The van der Waals surface area contributed by atoms with Gasteiger partial charge in [0.15, 0.2) is 11.6 Å². The second kappa shape index (κ2) is 8.98. The van der Waals surface area contributed by atoms with E-state index in [0.717, 1.165) is 19.3 Å². The standard InChI is InChI=1S/C25H30FN7OS/c1-24-8-5-9-25(2,32-24)22(26)18(12-24)33(3)20-14-27-23(31-29-20)17-7-6-15(10-19(17)34)16-11-21(35-4)30-28-13-16/h6-7,10-11,13-14,18,22,32,34H,5,8-9,12H2,1-4H3/t18-,22-,24-,25+/m0/s1/i4D3. The molecule has 2 aliphatic heterocycles. The van der Waals surface area contributed by atoms with E-state index in [4.69, 9.17) is 4.11 Å². The Morgan fingerprint density at radius 2 is 2.03 bits per heavy atom. The Labute approximate surface area is 213 Å². The Morgan fingerprint density at radius 3 is 2.77 bits per heavy atom. The van der Waals surface area contributed by atoms with E-state index in [1.54, 1.807) is 24.4 Å². The Kier molecular flexibility index (Phi) is 5.22. The highest BCUT2D eigenvalue weighted by atomic mass is 32.2. The molecule has 4 heterocycles. The quantitative estimate of drug-likeness (QED) is 0.500. The summed E-state index contributed by atoms with van der Waals surface area (Å²) in [4.78, 5) is 6.24. The fourth-order valence-corrected chi connectivity index (χ4v) is 5.80. The molecule has 2 bridgehead atoms. The van der Waals surface area contributed by atoms with Gasteiger partial charge in [0.05, 0.1) is 24.0 Å². The summed E-state index contributed by atoms with van der Waals surface area (Å²) >= 11 is 0.636. The highest BCUT2D eigenvalue weighted by Gasteiger charge is 2.53. The number of benzene rings is 1. The van der Waals surface area contributed by atoms with Gasteiger partial charge < -0.3 is 15.3 Å². The van der Waals surface area contributed by atoms with Crippen molar-refractivity contribution in [1.29, 1.82) is 0 Å². The molecule has 0 spiro atoms. The van der Waals surface area contributed by atoms with Gasteiger partial charge in [-0.25, -0.2) is 9.37 Å². The summed E-state index contributed by atoms with van der Waals surface area (Å²) in [6.45, 7) is 4.12. The number of phenols is 1. The highest BCUT2D eigenvalue weighted by Crippen LogP contribution is 2.43. The Morgan fingerprint density at radius 1 is 1.17 bits per heavy atom. The molecule has 0 unspecified atom stereocenters. The van der Waals surface area contributed by atoms with Crippen LogP contribution < -0.4 is 10.2 Å². The normalized spacial score (nSPS) is 29.7. The summed E-state index contributed by atoms with van der Waals surface area (Å²) in [7, 11) is 1.82. The van der Waals surface area contributed by atoms with Gasteiger partial charge in [-0.2, -0.15) is 5.10 Å². The third-order valence-corrected chi connectivity index (χ3v) is 7.74. The molecule has 2 fully saturated rings. The van der Waals surface area contributed by atoms with E-state index in [0.29, 0.717) is 40.7 Å². The number of hydrogen-bond donors (Lipinski definition) is 2. The molecule has 10 heteroatoms. The molecule has 2 aromatic heterocycles. The van der Waals surface area contributed by atoms with Gasteiger partial charge in [-0.3, -0.25) is 0 Å². The van der Waals surface area contributed by atoms with Gasteiger partial charge in [0.2, 0.25) is 0 Å². The topological polar surface area (TPSA) is 100.0 Å². The van der Waals surface area contributed by atoms with Gasteiger partial charge in [-0.15, -0.1) is 27.1 Å². The van der Waals surface area contributed by atoms with Crippen LogP contribution in [-0.2, 0) is 0 Å². The minimum atomic E-state index is -2.24. The first-order valence-electron chi connectivity index (χ1n) is 13.1. The number of piperidine rings is 2. The van der Waals surface area contributed by atoms with Crippen LogP contribution in [0.4, 0.5) is 10.2 Å². The van der Waals surface area contributed by atoms with E-state index < -0.39 is 17.9 Å². The number of aromatic hydroxyl groups is 1. The van der Waals surface area contributed by atoms with Gasteiger partial charge in [0, 0.05) is 27.8 Å². The Balaban J connectivity index is 1.35. The average molecular weight is 499 g/mol. The van der Waals surface area contributed by atoms with Crippen LogP contribution in [0.2, 0.25) is 0 Å². The lowest BCUT2D eigenvalue weighted by molar-refractivity contribution is 0.00193. The lowest BCUT2D eigenvalue weighted by Crippen LogP contribution is -2.72. The molecule has 1 aromatic carbocycles. The number of thioether (sulfide) groups is 1. The molecular weight excluding hydrogens is 465 g/mol. The fourth-order valence-electron chi connectivity index (χ4n) is 5.52. The third-order valence-electron chi connectivity index (χ3n) is 7.34. The van der Waals surface area contributed by atoms with E-state index in [1.165, 1.54) is 12.3 Å². The number of nitrogens with one attached hydrogen (secondary N) is 1. The summed E-state index contributed by atoms with van der Waals surface area (Å²) in [5, 5.41) is 30.8. The zero-order chi connectivity index (χ0) is 27.3. The summed E-state index contributed by atoms with van der Waals surface area (Å²) < 4.78 is 37.9. The minimum Gasteiger partial charge on any atom is -0.507 e. The maximum atomic E-state index is 15.6. The smallest absolute Gasteiger partial charge is 0.185 e. The van der Waals surface area contributed by atoms with Crippen LogP contribution in [0, 0.1) is 0 Å². The van der Waals surface area contributed by atoms with Gasteiger partial charge in [0.25, 0.3) is 0 Å². The minimum absolute atomic E-state index is 0.0666. The summed E-state index contributed by atoms with van der Waals surface area (Å²) in [5.74, 6) is 0.630. The second-order valence-electron chi connectivity index (χ2n) is 10.00. The van der Waals surface area contributed by atoms with Crippen LogP contribution >= 0.6 is 11.8 Å². The van der Waals surface area contributed by atoms with Crippen molar-refractivity contribution >= 4 is 17.6 Å². The number of hydrogen-bond acceptors (Lipinski definition) is 9. The number of aromatic nitrogens is 5. The largest absolute Gasteiger partial charge is 0.507 e. The second-order valence-corrected chi connectivity index (χ2v) is 10.6. The number of alkyl halides is 1. The van der Waals surface area contributed by atoms with Gasteiger partial charge in [-0.05, 0) is 69.5 Å². The van der Waals surface area contributed by atoms with Crippen LogP contribution in [0.15, 0.2) is 41.7 Å². The molecule has 8 nitrogen and oxygen atoms in total. The van der Waals surface area contributed by atoms with Crippen molar-refractivity contribution in [2.75, 3.05) is 18.1 Å². The first-order chi connectivity index (χ1) is 17.9. The van der Waals surface area contributed by atoms with E-state index in [-0.39, 0.29) is 28.2 Å². The molecule has 2 saturated heterocycles. The van der Waals surface area contributed by atoms with Crippen molar-refractivity contribution in [3.05, 3.63) is 36.7 Å². The number of nitrogens with zero attached hydrogens (tertiary/aromatic N) is 6. The van der Waals surface area contributed by atoms with Crippen LogP contribution in [0.3, 0.4) is 0 Å². The van der Waals surface area contributed by atoms with Crippen LogP contribution in [0.5, 0.6) is 5.75 Å². The summed E-state index contributed by atoms with van der Waals surface area (Å²) in [6, 6.07) is 6.19. The van der Waals surface area contributed by atoms with E-state index in [1.807, 2.05) is 18.9 Å². The molecule has 184 valence electrons. The van der Waals surface area contributed by atoms with Crippen molar-refractivity contribution in [3.63, 3.8) is 0 Å². The van der Waals surface area contributed by atoms with E-state index in [9.17, 15) is 5.11 Å². The summed E-state index contributed by atoms with van der Waals surface area (Å²) in [6.07, 6.45) is 3.20. The van der Waals surface area contributed by atoms with E-state index in [2.05, 4.69) is 37.6 Å². The average Bonchev–Trinajstić information content (AvgIpc) is 2.85. The monoisotopic (exact) mass is 498 g/mol. The number of phenolic OH excluding ortho intramolecular Hbond substituents is 1. The molecule has 0 radical (unpaired) electrons. The van der Waals surface area contributed by atoms with Crippen LogP contribution in [0.1, 0.15) is 43.6 Å². The van der Waals surface area contributed by atoms with Crippen molar-refractivity contribution < 1.29 is 13.6 Å². The molecule has 35 heavy (non-hydrogen) atoms. The number of fused-ring (bicyclic) bond motifs is 2. The predicted octanol–water partition coefficient (Wildman–Crippen LogP) is 4.26. The molecular formula is C25H30FN7OS. The van der Waals surface area contributed by atoms with Gasteiger partial charge in [-0.1, -0.05) is 6.07 Å². The molecule has 0 saturated carbocycles. The van der Waals surface area contributed by atoms with Crippen LogP contribution in [-0.4, -0.2) is 67.0 Å². The lowest BCUT2D eigenvalue weighted by Gasteiger charge is -2.56. The number of anilines is 1. The number of halogens is 1. The lowest BCUT2D eigenvalue weighted by atomic mass is 9.68. The highest BCUT2D eigenvalue weighted by molar-refractivity contribution is 7.98. The zero-order valence-corrected chi connectivity index (χ0v) is 20.7. The number of rotatable bonds is 5. The molecule has 0 amide bonds. The third kappa shape index (κ3) is 4.45. The molecule has 5 rings (SSSR count). The Hall–Kier alpha value is -2.85. The van der Waals surface area contributed by atoms with Gasteiger partial charge in [0.1, 0.15) is 16.9 Å². The van der Waals surface area contributed by atoms with Crippen molar-refractivity contribution in [2.45, 2.75) is 67.8 Å². The van der Waals surface area contributed by atoms with Crippen molar-refractivity contribution in [1.82, 2.24) is 30.7 Å². The van der Waals surface area contributed by atoms with Crippen molar-refractivity contribution in [2.24, 2.45) is 0 Å². The fraction of sp³-hybridized carbons (Fsp3) is 0.480. The molecule has 2 aliphatic rings. The molecule has 3 aromatic rings. The Bertz CT molecular complexity index is 1330. The first kappa shape index (κ1) is 20.4. The molecule has 4 atom stereocenters. The molecule has 2 N–H and O–H groups in total. The van der Waals surface area contributed by atoms with Crippen molar-refractivity contribution in [3.8, 4) is 28.3 Å². The predicted molar refractivity (Wildman–Crippen MR) is 135 cm³/mol. The van der Waals surface area contributed by atoms with Crippen LogP contribution in [0.25, 0.3) is 22.5 Å². The first-order valence-corrected chi connectivity index (χ1v) is 12.4. The SMILES string of the molecule is [2H]C([2H])([2H])Sc1cc(-c2ccc(-c3ncc(N(C)[C@H]4C[C@]5(C)CCC[C@@](C)(N5)[C@H]4F)nn3)c(O)c2)cnn1. The zero-order valence-electron chi connectivity index (χ0n) is 22.9. The maximum Gasteiger partial charge on any atom is 0.185 e. The summed E-state index contributed by atoms with van der Waals surface area (Å²) in [5.41, 5.74) is 0.924. The van der Waals surface area contributed by atoms with E-state index >= 15 is 4.39 Å².